The summed E-state index contributed by atoms with van der Waals surface area (Å²) < 4.78 is 0. The summed E-state index contributed by atoms with van der Waals surface area (Å²) in [5.41, 5.74) is 2.46. The van der Waals surface area contributed by atoms with Crippen LogP contribution in [0.4, 0.5) is 0 Å². The third-order valence-corrected chi connectivity index (χ3v) is 2.71. The van der Waals surface area contributed by atoms with E-state index in [1.807, 2.05) is 13.8 Å². The summed E-state index contributed by atoms with van der Waals surface area (Å²) in [4.78, 5) is 10.9. The lowest BCUT2D eigenvalue weighted by Gasteiger charge is -2.35. The van der Waals surface area contributed by atoms with Gasteiger partial charge in [0.05, 0.1) is 0 Å². The molecule has 0 rings (SSSR count). The van der Waals surface area contributed by atoms with Crippen LogP contribution < -0.4 is 16.6 Å². The van der Waals surface area contributed by atoms with Gasteiger partial charge in [-0.3, -0.25) is 16.1 Å². The van der Waals surface area contributed by atoms with Crippen LogP contribution in [0.25, 0.3) is 0 Å². The van der Waals surface area contributed by atoms with Gasteiger partial charge < -0.3 is 10.4 Å². The molecule has 0 amide bonds. The lowest BCUT2D eigenvalue weighted by atomic mass is 9.76. The van der Waals surface area contributed by atoms with E-state index in [0.29, 0.717) is 6.42 Å². The smallest absolute Gasteiger partial charge is 0.320 e. The molecule has 5 nitrogen and oxygen atoms in total. The molecule has 0 aromatic carbocycles. The molecule has 0 saturated heterocycles. The maximum absolute atomic E-state index is 10.9. The Morgan fingerprint density at radius 1 is 1.38 bits per heavy atom. The lowest BCUT2D eigenvalue weighted by molar-refractivity contribution is -0.140. The first-order valence-corrected chi connectivity index (χ1v) is 5.51. The van der Waals surface area contributed by atoms with Crippen molar-refractivity contribution in [3.63, 3.8) is 0 Å². The number of hydrazine groups is 1. The second-order valence-corrected chi connectivity index (χ2v) is 5.75. The van der Waals surface area contributed by atoms with E-state index in [1.165, 1.54) is 0 Å². The molecule has 0 aliphatic heterocycles. The fourth-order valence-corrected chi connectivity index (χ4v) is 2.19. The standard InChI is InChI=1S/C11H25N3O2/c1-10(2,7-11(3,4)14-12)6-8(13-5)9(15)16/h8,13-14H,6-7,12H2,1-5H3,(H,15,16). The highest BCUT2D eigenvalue weighted by atomic mass is 16.4. The minimum Gasteiger partial charge on any atom is -0.480 e. The van der Waals surface area contributed by atoms with Crippen molar-refractivity contribution in [2.45, 2.75) is 52.1 Å². The normalized spacial score (nSPS) is 14.9. The summed E-state index contributed by atoms with van der Waals surface area (Å²) in [7, 11) is 1.67. The van der Waals surface area contributed by atoms with Crippen LogP contribution >= 0.6 is 0 Å². The van der Waals surface area contributed by atoms with Gasteiger partial charge in [0.1, 0.15) is 6.04 Å². The molecule has 0 aliphatic carbocycles. The van der Waals surface area contributed by atoms with Crippen LogP contribution in [0.1, 0.15) is 40.5 Å². The number of aliphatic carboxylic acids is 1. The number of carboxylic acids is 1. The molecule has 0 aromatic heterocycles. The van der Waals surface area contributed by atoms with E-state index in [2.05, 4.69) is 24.6 Å². The first-order chi connectivity index (χ1) is 7.13. The number of carboxylic acid groups (broad SMARTS) is 1. The first kappa shape index (κ1) is 15.3. The minimum atomic E-state index is -0.811. The Kier molecular flexibility index (Phi) is 5.38. The number of nitrogens with two attached hydrogens (primary N) is 1. The molecule has 5 N–H and O–H groups in total. The van der Waals surface area contributed by atoms with E-state index in [0.717, 1.165) is 6.42 Å². The third kappa shape index (κ3) is 5.44. The van der Waals surface area contributed by atoms with Crippen LogP contribution in [0, 0.1) is 5.41 Å². The van der Waals surface area contributed by atoms with Gasteiger partial charge in [0.2, 0.25) is 0 Å². The monoisotopic (exact) mass is 231 g/mol. The van der Waals surface area contributed by atoms with E-state index >= 15 is 0 Å². The lowest BCUT2D eigenvalue weighted by Crippen LogP contribution is -2.48. The Balaban J connectivity index is 4.49. The van der Waals surface area contributed by atoms with Gasteiger partial charge in [-0.1, -0.05) is 13.8 Å². The zero-order valence-corrected chi connectivity index (χ0v) is 10.9. The van der Waals surface area contributed by atoms with Crippen LogP contribution in [-0.2, 0) is 4.79 Å². The molecule has 0 heterocycles. The van der Waals surface area contributed by atoms with E-state index < -0.39 is 12.0 Å². The average molecular weight is 231 g/mol. The van der Waals surface area contributed by atoms with E-state index in [9.17, 15) is 4.79 Å². The predicted molar refractivity (Wildman–Crippen MR) is 64.9 cm³/mol. The van der Waals surface area contributed by atoms with Crippen molar-refractivity contribution in [2.75, 3.05) is 7.05 Å². The van der Waals surface area contributed by atoms with E-state index in [-0.39, 0.29) is 11.0 Å². The quantitative estimate of drug-likeness (QED) is 0.383. The fraction of sp³-hybridized carbons (Fsp3) is 0.909. The number of hydrogen-bond donors (Lipinski definition) is 4. The van der Waals surface area contributed by atoms with E-state index in [4.69, 9.17) is 10.9 Å². The van der Waals surface area contributed by atoms with Crippen molar-refractivity contribution in [2.24, 2.45) is 11.3 Å². The molecule has 0 bridgehead atoms. The maximum Gasteiger partial charge on any atom is 0.320 e. The van der Waals surface area contributed by atoms with Gasteiger partial charge in [-0.15, -0.1) is 0 Å². The molecule has 5 heteroatoms. The summed E-state index contributed by atoms with van der Waals surface area (Å²) in [6.07, 6.45) is 1.38. The van der Waals surface area contributed by atoms with Crippen molar-refractivity contribution in [3.05, 3.63) is 0 Å². The molecule has 96 valence electrons. The van der Waals surface area contributed by atoms with Gasteiger partial charge in [-0.25, -0.2) is 0 Å². The van der Waals surface area contributed by atoms with Crippen LogP contribution in [0.15, 0.2) is 0 Å². The van der Waals surface area contributed by atoms with Gasteiger partial charge in [0, 0.05) is 5.54 Å². The molecule has 1 unspecified atom stereocenters. The van der Waals surface area contributed by atoms with Crippen molar-refractivity contribution >= 4 is 5.97 Å². The Labute approximate surface area is 97.8 Å². The first-order valence-electron chi connectivity index (χ1n) is 5.51. The van der Waals surface area contributed by atoms with Crippen LogP contribution in [0.3, 0.4) is 0 Å². The molecular formula is C11H25N3O2. The average Bonchev–Trinajstić information content (AvgIpc) is 2.12. The second kappa shape index (κ2) is 5.61. The maximum atomic E-state index is 10.9. The number of rotatable bonds is 7. The van der Waals surface area contributed by atoms with Gasteiger partial charge in [-0.05, 0) is 39.2 Å². The summed E-state index contributed by atoms with van der Waals surface area (Å²) >= 11 is 0. The SMILES string of the molecule is CNC(CC(C)(C)CC(C)(C)NN)C(=O)O. The van der Waals surface area contributed by atoms with Crippen molar-refractivity contribution in [1.29, 1.82) is 0 Å². The topological polar surface area (TPSA) is 87.4 Å². The summed E-state index contributed by atoms with van der Waals surface area (Å²) in [5.74, 6) is 4.64. The fourth-order valence-electron chi connectivity index (χ4n) is 2.19. The number of hydrogen-bond acceptors (Lipinski definition) is 4. The Bertz CT molecular complexity index is 239. The molecule has 0 fully saturated rings. The van der Waals surface area contributed by atoms with Gasteiger partial charge in [-0.2, -0.15) is 0 Å². The van der Waals surface area contributed by atoms with Crippen molar-refractivity contribution in [1.82, 2.24) is 10.7 Å². The molecule has 0 radical (unpaired) electrons. The Hall–Kier alpha value is -0.650. The molecule has 0 aromatic rings. The highest BCUT2D eigenvalue weighted by Crippen LogP contribution is 2.32. The van der Waals surface area contributed by atoms with Crippen molar-refractivity contribution in [3.8, 4) is 0 Å². The molecule has 0 spiro atoms. The van der Waals surface area contributed by atoms with Crippen LogP contribution in [-0.4, -0.2) is 29.7 Å². The van der Waals surface area contributed by atoms with Gasteiger partial charge in [0.15, 0.2) is 0 Å². The Morgan fingerprint density at radius 3 is 2.19 bits per heavy atom. The molecular weight excluding hydrogens is 206 g/mol. The number of carbonyl (C=O) groups is 1. The van der Waals surface area contributed by atoms with Crippen LogP contribution in [0.2, 0.25) is 0 Å². The highest BCUT2D eigenvalue weighted by Gasteiger charge is 2.32. The van der Waals surface area contributed by atoms with E-state index in [1.54, 1.807) is 7.05 Å². The summed E-state index contributed by atoms with van der Waals surface area (Å²) in [6.45, 7) is 8.12. The minimum absolute atomic E-state index is 0.0953. The van der Waals surface area contributed by atoms with Gasteiger partial charge >= 0.3 is 5.97 Å². The third-order valence-electron chi connectivity index (χ3n) is 2.71. The number of nitrogens with one attached hydrogen (secondary N) is 2. The molecule has 16 heavy (non-hydrogen) atoms. The summed E-state index contributed by atoms with van der Waals surface area (Å²) in [6, 6.07) is -0.511. The zero-order valence-electron chi connectivity index (χ0n) is 10.9. The zero-order chi connectivity index (χ0) is 13.0. The number of likely N-dealkylation sites (N-methyl/N-ethyl adjacent to an activating group) is 1. The van der Waals surface area contributed by atoms with Crippen LogP contribution in [0.5, 0.6) is 0 Å². The molecule has 0 saturated carbocycles. The largest absolute Gasteiger partial charge is 0.480 e. The second-order valence-electron chi connectivity index (χ2n) is 5.75. The molecule has 0 aliphatic rings. The van der Waals surface area contributed by atoms with Gasteiger partial charge in [0.25, 0.3) is 0 Å². The highest BCUT2D eigenvalue weighted by molar-refractivity contribution is 5.73. The summed E-state index contributed by atoms with van der Waals surface area (Å²) in [5, 5.41) is 11.8. The molecule has 1 atom stereocenters. The van der Waals surface area contributed by atoms with Crippen molar-refractivity contribution < 1.29 is 9.90 Å². The predicted octanol–water partition coefficient (Wildman–Crippen LogP) is 0.707. The Morgan fingerprint density at radius 2 is 1.88 bits per heavy atom.